The van der Waals surface area contributed by atoms with Crippen molar-refractivity contribution in [2.75, 3.05) is 29.9 Å². The number of rotatable bonds is 5. The van der Waals surface area contributed by atoms with Gasteiger partial charge >= 0.3 is 0 Å². The fourth-order valence-electron chi connectivity index (χ4n) is 1.61. The summed E-state index contributed by atoms with van der Waals surface area (Å²) in [5.74, 6) is 0. The average molecular weight is 192 g/mol. The predicted octanol–water partition coefficient (Wildman–Crippen LogP) is 2.96. The minimum Gasteiger partial charge on any atom is -0.385 e. The third-order valence-electron chi connectivity index (χ3n) is 2.36. The van der Waals surface area contributed by atoms with Crippen LogP contribution in [0, 0.1) is 0 Å². The summed E-state index contributed by atoms with van der Waals surface area (Å²) >= 11 is 0. The third-order valence-corrected chi connectivity index (χ3v) is 2.36. The Morgan fingerprint density at radius 3 is 2.43 bits per heavy atom. The van der Waals surface area contributed by atoms with Crippen molar-refractivity contribution in [3.63, 3.8) is 0 Å². The lowest BCUT2D eigenvalue weighted by Gasteiger charge is -2.21. The second-order valence-electron chi connectivity index (χ2n) is 3.25. The summed E-state index contributed by atoms with van der Waals surface area (Å²) < 4.78 is 0. The van der Waals surface area contributed by atoms with Crippen molar-refractivity contribution in [2.24, 2.45) is 0 Å². The molecule has 0 saturated carbocycles. The molecule has 14 heavy (non-hydrogen) atoms. The molecule has 2 heteroatoms. The first-order chi connectivity index (χ1) is 6.81. The molecule has 0 heterocycles. The van der Waals surface area contributed by atoms with Crippen LogP contribution in [0.1, 0.15) is 20.8 Å². The zero-order valence-corrected chi connectivity index (χ0v) is 9.38. The van der Waals surface area contributed by atoms with E-state index in [0.29, 0.717) is 0 Å². The van der Waals surface area contributed by atoms with Gasteiger partial charge in [-0.1, -0.05) is 6.07 Å². The molecular weight excluding hydrogens is 172 g/mol. The van der Waals surface area contributed by atoms with Crippen LogP contribution >= 0.6 is 0 Å². The van der Waals surface area contributed by atoms with Gasteiger partial charge in [-0.15, -0.1) is 0 Å². The molecule has 1 aromatic carbocycles. The van der Waals surface area contributed by atoms with E-state index in [-0.39, 0.29) is 0 Å². The summed E-state index contributed by atoms with van der Waals surface area (Å²) in [5, 5.41) is 3.32. The van der Waals surface area contributed by atoms with Crippen LogP contribution in [0.5, 0.6) is 0 Å². The molecule has 0 fully saturated rings. The molecule has 78 valence electrons. The summed E-state index contributed by atoms with van der Waals surface area (Å²) in [6.45, 7) is 9.58. The Hall–Kier alpha value is -1.18. The van der Waals surface area contributed by atoms with Crippen LogP contribution in [0.15, 0.2) is 24.3 Å². The summed E-state index contributed by atoms with van der Waals surface area (Å²) in [5.41, 5.74) is 2.50. The zero-order chi connectivity index (χ0) is 10.4. The van der Waals surface area contributed by atoms with Crippen molar-refractivity contribution < 1.29 is 0 Å². The first kappa shape index (κ1) is 10.9. The van der Waals surface area contributed by atoms with E-state index in [2.05, 4.69) is 55.3 Å². The lowest BCUT2D eigenvalue weighted by Crippen LogP contribution is -2.21. The van der Waals surface area contributed by atoms with Crippen LogP contribution < -0.4 is 10.2 Å². The van der Waals surface area contributed by atoms with Crippen LogP contribution in [0.2, 0.25) is 0 Å². The number of nitrogens with zero attached hydrogens (tertiary/aromatic N) is 1. The highest BCUT2D eigenvalue weighted by atomic mass is 15.1. The molecule has 0 aliphatic carbocycles. The largest absolute Gasteiger partial charge is 0.385 e. The predicted molar refractivity (Wildman–Crippen MR) is 64.2 cm³/mol. The van der Waals surface area contributed by atoms with Gasteiger partial charge in [0.2, 0.25) is 0 Å². The van der Waals surface area contributed by atoms with Gasteiger partial charge in [0.05, 0.1) is 0 Å². The quantitative estimate of drug-likeness (QED) is 0.771. The molecule has 0 spiro atoms. The molecule has 0 aliphatic rings. The molecule has 2 nitrogen and oxygen atoms in total. The monoisotopic (exact) mass is 192 g/mol. The number of hydrogen-bond donors (Lipinski definition) is 1. The molecule has 1 aromatic rings. The molecule has 0 atom stereocenters. The minimum atomic E-state index is 0.974. The summed E-state index contributed by atoms with van der Waals surface area (Å²) in [4.78, 5) is 2.35. The smallest absolute Gasteiger partial charge is 0.0386 e. The number of anilines is 2. The Morgan fingerprint density at radius 1 is 1.14 bits per heavy atom. The molecule has 0 aliphatic heterocycles. The highest BCUT2D eigenvalue weighted by Crippen LogP contribution is 2.18. The lowest BCUT2D eigenvalue weighted by molar-refractivity contribution is 0.866. The van der Waals surface area contributed by atoms with Crippen molar-refractivity contribution in [3.8, 4) is 0 Å². The molecule has 1 N–H and O–H groups in total. The zero-order valence-electron chi connectivity index (χ0n) is 9.38. The SMILES string of the molecule is CCNc1cccc(N(CC)CC)c1. The van der Waals surface area contributed by atoms with Gasteiger partial charge in [0.1, 0.15) is 0 Å². The van der Waals surface area contributed by atoms with Gasteiger partial charge in [0, 0.05) is 31.0 Å². The standard InChI is InChI=1S/C12H20N2/c1-4-13-11-8-7-9-12(10-11)14(5-2)6-3/h7-10,13H,4-6H2,1-3H3. The molecule has 0 amide bonds. The maximum atomic E-state index is 3.32. The number of benzene rings is 1. The summed E-state index contributed by atoms with van der Waals surface area (Å²) in [6.07, 6.45) is 0. The highest BCUT2D eigenvalue weighted by Gasteiger charge is 2.01. The van der Waals surface area contributed by atoms with Gasteiger partial charge in [-0.25, -0.2) is 0 Å². The first-order valence-electron chi connectivity index (χ1n) is 5.40. The summed E-state index contributed by atoms with van der Waals surface area (Å²) in [7, 11) is 0. The average Bonchev–Trinajstić information content (AvgIpc) is 2.21. The first-order valence-corrected chi connectivity index (χ1v) is 5.40. The van der Waals surface area contributed by atoms with E-state index in [1.807, 2.05) is 0 Å². The fraction of sp³-hybridized carbons (Fsp3) is 0.500. The van der Waals surface area contributed by atoms with Crippen molar-refractivity contribution in [1.82, 2.24) is 0 Å². The normalized spacial score (nSPS) is 9.93. The maximum absolute atomic E-state index is 3.32. The van der Waals surface area contributed by atoms with Gasteiger partial charge in [0.25, 0.3) is 0 Å². The Kier molecular flexibility index (Phi) is 4.30. The van der Waals surface area contributed by atoms with E-state index >= 15 is 0 Å². The molecule has 0 unspecified atom stereocenters. The molecule has 0 radical (unpaired) electrons. The lowest BCUT2D eigenvalue weighted by atomic mass is 10.2. The summed E-state index contributed by atoms with van der Waals surface area (Å²) in [6, 6.07) is 8.58. The van der Waals surface area contributed by atoms with Crippen molar-refractivity contribution in [2.45, 2.75) is 20.8 Å². The highest BCUT2D eigenvalue weighted by molar-refractivity contribution is 5.57. The van der Waals surface area contributed by atoms with Crippen molar-refractivity contribution >= 4 is 11.4 Å². The number of hydrogen-bond acceptors (Lipinski definition) is 2. The van der Waals surface area contributed by atoms with Crippen LogP contribution in [0.25, 0.3) is 0 Å². The van der Waals surface area contributed by atoms with E-state index in [0.717, 1.165) is 19.6 Å². The van der Waals surface area contributed by atoms with Crippen LogP contribution in [-0.4, -0.2) is 19.6 Å². The van der Waals surface area contributed by atoms with E-state index in [1.165, 1.54) is 11.4 Å². The van der Waals surface area contributed by atoms with E-state index in [4.69, 9.17) is 0 Å². The second-order valence-corrected chi connectivity index (χ2v) is 3.25. The molecule has 1 rings (SSSR count). The van der Waals surface area contributed by atoms with Gasteiger partial charge in [-0.05, 0) is 39.0 Å². The Balaban J connectivity index is 2.81. The fourth-order valence-corrected chi connectivity index (χ4v) is 1.61. The second kappa shape index (κ2) is 5.53. The Morgan fingerprint density at radius 2 is 1.86 bits per heavy atom. The van der Waals surface area contributed by atoms with Crippen LogP contribution in [0.4, 0.5) is 11.4 Å². The van der Waals surface area contributed by atoms with Gasteiger partial charge in [0.15, 0.2) is 0 Å². The van der Waals surface area contributed by atoms with E-state index in [1.54, 1.807) is 0 Å². The molecule has 0 bridgehead atoms. The topological polar surface area (TPSA) is 15.3 Å². The van der Waals surface area contributed by atoms with E-state index < -0.39 is 0 Å². The van der Waals surface area contributed by atoms with Gasteiger partial charge < -0.3 is 10.2 Å². The Bertz CT molecular complexity index is 267. The van der Waals surface area contributed by atoms with Gasteiger partial charge in [-0.2, -0.15) is 0 Å². The van der Waals surface area contributed by atoms with Crippen molar-refractivity contribution in [1.29, 1.82) is 0 Å². The maximum Gasteiger partial charge on any atom is 0.0386 e. The Labute approximate surface area is 86.9 Å². The van der Waals surface area contributed by atoms with Crippen LogP contribution in [0.3, 0.4) is 0 Å². The van der Waals surface area contributed by atoms with Crippen LogP contribution in [-0.2, 0) is 0 Å². The number of nitrogens with one attached hydrogen (secondary N) is 1. The third kappa shape index (κ3) is 2.66. The molecule has 0 aromatic heterocycles. The van der Waals surface area contributed by atoms with E-state index in [9.17, 15) is 0 Å². The van der Waals surface area contributed by atoms with Gasteiger partial charge in [-0.3, -0.25) is 0 Å². The van der Waals surface area contributed by atoms with Crippen molar-refractivity contribution in [3.05, 3.63) is 24.3 Å². The minimum absolute atomic E-state index is 0.974. The molecule has 0 saturated heterocycles. The molecular formula is C12H20N2.